The minimum atomic E-state index is -4.52. The van der Waals surface area contributed by atoms with E-state index in [0.29, 0.717) is 5.92 Å². The smallest absolute Gasteiger partial charge is 0.326 e. The number of anilines is 1. The molecular weight excluding hydrogens is 267 g/mol. The van der Waals surface area contributed by atoms with Crippen molar-refractivity contribution in [3.05, 3.63) is 28.8 Å². The average Bonchev–Trinajstić information content (AvgIpc) is 2.97. The molecule has 0 aromatic heterocycles. The Hall–Kier alpha value is -1.23. The summed E-state index contributed by atoms with van der Waals surface area (Å²) < 4.78 is 37.8. The molecule has 0 radical (unpaired) electrons. The summed E-state index contributed by atoms with van der Waals surface area (Å²) in [5.41, 5.74) is -0.818. The number of hydrogen-bond acceptors (Lipinski definition) is 1. The van der Waals surface area contributed by atoms with Gasteiger partial charge in [0.15, 0.2) is 0 Å². The zero-order chi connectivity index (χ0) is 13.5. The Morgan fingerprint density at radius 2 is 2.06 bits per heavy atom. The maximum atomic E-state index is 12.6. The minimum absolute atomic E-state index is 0.0879. The molecule has 18 heavy (non-hydrogen) atoms. The van der Waals surface area contributed by atoms with Crippen LogP contribution in [0.25, 0.3) is 0 Å². The van der Waals surface area contributed by atoms with E-state index in [1.54, 1.807) is 0 Å². The number of carbonyl (C=O) groups is 1. The summed E-state index contributed by atoms with van der Waals surface area (Å²) in [4.78, 5) is 11.6. The molecular formula is C12H11ClF3NO. The molecule has 0 bridgehead atoms. The minimum Gasteiger partial charge on any atom is -0.326 e. The zero-order valence-electron chi connectivity index (χ0n) is 9.51. The second-order valence-corrected chi connectivity index (χ2v) is 4.91. The van der Waals surface area contributed by atoms with Crippen LogP contribution in [0.4, 0.5) is 18.9 Å². The zero-order valence-corrected chi connectivity index (χ0v) is 10.3. The van der Waals surface area contributed by atoms with Gasteiger partial charge in [-0.25, -0.2) is 0 Å². The molecule has 1 saturated carbocycles. The normalized spacial score (nSPS) is 22.7. The Balaban J connectivity index is 2.17. The van der Waals surface area contributed by atoms with E-state index in [0.717, 1.165) is 18.6 Å². The van der Waals surface area contributed by atoms with E-state index in [4.69, 9.17) is 11.6 Å². The van der Waals surface area contributed by atoms with Crippen molar-refractivity contribution in [3.63, 3.8) is 0 Å². The lowest BCUT2D eigenvalue weighted by atomic mass is 10.2. The van der Waals surface area contributed by atoms with E-state index in [2.05, 4.69) is 5.32 Å². The molecule has 2 atom stereocenters. The lowest BCUT2D eigenvalue weighted by Crippen LogP contribution is -2.15. The van der Waals surface area contributed by atoms with Gasteiger partial charge < -0.3 is 5.32 Å². The van der Waals surface area contributed by atoms with Gasteiger partial charge in [-0.3, -0.25) is 4.79 Å². The van der Waals surface area contributed by atoms with Gasteiger partial charge in [-0.1, -0.05) is 18.5 Å². The third-order valence-corrected chi connectivity index (χ3v) is 3.32. The lowest BCUT2D eigenvalue weighted by molar-refractivity contribution is -0.137. The first-order valence-corrected chi connectivity index (χ1v) is 5.84. The number of amides is 1. The highest BCUT2D eigenvalue weighted by Gasteiger charge is 2.39. The third kappa shape index (κ3) is 2.77. The molecule has 6 heteroatoms. The Labute approximate surface area is 107 Å². The number of nitrogens with one attached hydrogen (secondary N) is 1. The number of carbonyl (C=O) groups excluding carboxylic acids is 1. The summed E-state index contributed by atoms with van der Waals surface area (Å²) in [5.74, 6) is -0.0210. The van der Waals surface area contributed by atoms with Crippen LogP contribution in [0.5, 0.6) is 0 Å². The molecule has 0 unspecified atom stereocenters. The molecule has 1 N–H and O–H groups in total. The highest BCUT2D eigenvalue weighted by Crippen LogP contribution is 2.39. The van der Waals surface area contributed by atoms with E-state index < -0.39 is 11.7 Å². The molecule has 1 aromatic rings. The Kier molecular flexibility index (Phi) is 3.27. The Bertz CT molecular complexity index is 487. The van der Waals surface area contributed by atoms with Crippen molar-refractivity contribution in [1.29, 1.82) is 0 Å². The number of halogens is 4. The number of hydrogen-bond donors (Lipinski definition) is 1. The van der Waals surface area contributed by atoms with Crippen LogP contribution in [-0.2, 0) is 11.0 Å². The van der Waals surface area contributed by atoms with Gasteiger partial charge in [0.05, 0.1) is 10.6 Å². The van der Waals surface area contributed by atoms with Gasteiger partial charge in [-0.15, -0.1) is 0 Å². The predicted molar refractivity (Wildman–Crippen MR) is 62.4 cm³/mol. The van der Waals surface area contributed by atoms with Gasteiger partial charge in [0.1, 0.15) is 0 Å². The molecule has 0 heterocycles. The largest absolute Gasteiger partial charge is 0.417 e. The summed E-state index contributed by atoms with van der Waals surface area (Å²) in [6, 6.07) is 3.35. The Morgan fingerprint density at radius 1 is 1.44 bits per heavy atom. The molecule has 1 aliphatic carbocycles. The summed E-state index contributed by atoms with van der Waals surface area (Å²) in [5, 5.41) is 2.10. The van der Waals surface area contributed by atoms with Crippen LogP contribution in [0.15, 0.2) is 18.2 Å². The van der Waals surface area contributed by atoms with Gasteiger partial charge in [0.2, 0.25) is 5.91 Å². The van der Waals surface area contributed by atoms with Crippen molar-refractivity contribution in [2.24, 2.45) is 11.8 Å². The average molecular weight is 278 g/mol. The maximum absolute atomic E-state index is 12.6. The van der Waals surface area contributed by atoms with Crippen LogP contribution >= 0.6 is 11.6 Å². The van der Waals surface area contributed by atoms with Gasteiger partial charge >= 0.3 is 6.18 Å². The van der Waals surface area contributed by atoms with Crippen molar-refractivity contribution in [3.8, 4) is 0 Å². The maximum Gasteiger partial charge on any atom is 0.417 e. The monoisotopic (exact) mass is 277 g/mol. The van der Waals surface area contributed by atoms with E-state index in [9.17, 15) is 18.0 Å². The van der Waals surface area contributed by atoms with Crippen molar-refractivity contribution in [2.75, 3.05) is 5.32 Å². The van der Waals surface area contributed by atoms with Gasteiger partial charge in [0, 0.05) is 11.6 Å². The van der Waals surface area contributed by atoms with Gasteiger partial charge in [-0.05, 0) is 30.5 Å². The molecule has 0 spiro atoms. The first-order valence-electron chi connectivity index (χ1n) is 5.46. The SMILES string of the molecule is C[C@H]1C[C@H]1C(=O)Nc1ccc(Cl)c(C(F)(F)F)c1. The van der Waals surface area contributed by atoms with Crippen LogP contribution in [-0.4, -0.2) is 5.91 Å². The second-order valence-electron chi connectivity index (χ2n) is 4.50. The molecule has 1 aliphatic rings. The number of alkyl halides is 3. The summed E-state index contributed by atoms with van der Waals surface area (Å²) in [6.45, 7) is 1.92. The molecule has 1 aromatic carbocycles. The van der Waals surface area contributed by atoms with Crippen molar-refractivity contribution >= 4 is 23.2 Å². The predicted octanol–water partition coefficient (Wildman–Crippen LogP) is 3.95. The van der Waals surface area contributed by atoms with E-state index in [1.807, 2.05) is 6.92 Å². The lowest BCUT2D eigenvalue weighted by Gasteiger charge is -2.11. The van der Waals surface area contributed by atoms with Crippen LogP contribution in [0, 0.1) is 11.8 Å². The molecule has 0 aliphatic heterocycles. The highest BCUT2D eigenvalue weighted by molar-refractivity contribution is 6.31. The fraction of sp³-hybridized carbons (Fsp3) is 0.417. The summed E-state index contributed by atoms with van der Waals surface area (Å²) in [7, 11) is 0. The topological polar surface area (TPSA) is 29.1 Å². The number of benzene rings is 1. The Morgan fingerprint density at radius 3 is 2.56 bits per heavy atom. The second kappa shape index (κ2) is 4.46. The summed E-state index contributed by atoms with van der Waals surface area (Å²) >= 11 is 5.48. The standard InChI is InChI=1S/C12H11ClF3NO/c1-6-4-8(6)11(18)17-7-2-3-10(13)9(5-7)12(14,15)16/h2-3,5-6,8H,4H2,1H3,(H,17,18)/t6-,8+/m0/s1. The van der Waals surface area contributed by atoms with Crippen LogP contribution in [0.1, 0.15) is 18.9 Å². The fourth-order valence-corrected chi connectivity index (χ4v) is 1.97. The quantitative estimate of drug-likeness (QED) is 0.871. The van der Waals surface area contributed by atoms with E-state index in [-0.39, 0.29) is 22.5 Å². The molecule has 0 saturated heterocycles. The molecule has 98 valence electrons. The first kappa shape index (κ1) is 13.2. The van der Waals surface area contributed by atoms with Crippen molar-refractivity contribution in [1.82, 2.24) is 0 Å². The molecule has 1 amide bonds. The highest BCUT2D eigenvalue weighted by atomic mass is 35.5. The van der Waals surface area contributed by atoms with Crippen LogP contribution < -0.4 is 5.32 Å². The number of rotatable bonds is 2. The van der Waals surface area contributed by atoms with Gasteiger partial charge in [-0.2, -0.15) is 13.2 Å². The molecule has 2 nitrogen and oxygen atoms in total. The summed E-state index contributed by atoms with van der Waals surface area (Å²) in [6.07, 6.45) is -3.74. The van der Waals surface area contributed by atoms with E-state index >= 15 is 0 Å². The van der Waals surface area contributed by atoms with E-state index in [1.165, 1.54) is 6.07 Å². The fourth-order valence-electron chi connectivity index (χ4n) is 1.74. The van der Waals surface area contributed by atoms with Gasteiger partial charge in [0.25, 0.3) is 0 Å². The molecule has 1 fully saturated rings. The van der Waals surface area contributed by atoms with Crippen molar-refractivity contribution < 1.29 is 18.0 Å². The first-order chi connectivity index (χ1) is 8.29. The third-order valence-electron chi connectivity index (χ3n) is 2.99. The van der Waals surface area contributed by atoms with Crippen molar-refractivity contribution in [2.45, 2.75) is 19.5 Å². The molecule has 2 rings (SSSR count). The van der Waals surface area contributed by atoms with Crippen LogP contribution in [0.2, 0.25) is 5.02 Å². The van der Waals surface area contributed by atoms with Crippen LogP contribution in [0.3, 0.4) is 0 Å².